The van der Waals surface area contributed by atoms with Gasteiger partial charge in [0, 0.05) is 29.4 Å². The molecule has 2 aliphatic carbocycles. The molecule has 0 atom stereocenters. The predicted molar refractivity (Wildman–Crippen MR) is 101 cm³/mol. The summed E-state index contributed by atoms with van der Waals surface area (Å²) in [6, 6.07) is 2.09. The molecule has 0 spiro atoms. The van der Waals surface area contributed by atoms with Crippen LogP contribution in [0.3, 0.4) is 0 Å². The zero-order chi connectivity index (χ0) is 18.3. The van der Waals surface area contributed by atoms with Crippen LogP contribution >= 0.6 is 0 Å². The van der Waals surface area contributed by atoms with Gasteiger partial charge in [0.1, 0.15) is 5.76 Å². The molecule has 4 rings (SSSR count). The van der Waals surface area contributed by atoms with Gasteiger partial charge in [0.25, 0.3) is 0 Å². The number of allylic oxidation sites excluding steroid dienone is 1. The molecule has 2 N–H and O–H groups in total. The maximum absolute atomic E-state index is 14.9. The minimum absolute atomic E-state index is 0.0867. The van der Waals surface area contributed by atoms with Crippen LogP contribution in [0, 0.1) is 11.6 Å². The zero-order valence-electron chi connectivity index (χ0n) is 15.0. The Labute approximate surface area is 153 Å². The van der Waals surface area contributed by atoms with Gasteiger partial charge in [0.15, 0.2) is 11.6 Å². The number of anilines is 2. The van der Waals surface area contributed by atoms with Gasteiger partial charge in [-0.3, -0.25) is 0 Å². The Balaban J connectivity index is 1.75. The van der Waals surface area contributed by atoms with Crippen LogP contribution in [0.5, 0.6) is 0 Å². The van der Waals surface area contributed by atoms with Gasteiger partial charge < -0.3 is 15.3 Å². The second kappa shape index (κ2) is 6.93. The number of benzene rings is 1. The molecule has 0 bridgehead atoms. The lowest BCUT2D eigenvalue weighted by Gasteiger charge is -2.34. The molecule has 0 unspecified atom stereocenters. The van der Waals surface area contributed by atoms with Gasteiger partial charge in [0.2, 0.25) is 0 Å². The largest absolute Gasteiger partial charge is 0.506 e. The van der Waals surface area contributed by atoms with Crippen molar-refractivity contribution in [1.29, 1.82) is 0 Å². The summed E-state index contributed by atoms with van der Waals surface area (Å²) in [6.07, 6.45) is 11.2. The Morgan fingerprint density at radius 1 is 1.00 bits per heavy atom. The summed E-state index contributed by atoms with van der Waals surface area (Å²) < 4.78 is 29.7. The molecule has 1 heterocycles. The minimum atomic E-state index is -0.923. The average Bonchev–Trinajstić information content (AvgIpc) is 3.17. The van der Waals surface area contributed by atoms with E-state index >= 15 is 0 Å². The molecule has 1 aromatic carbocycles. The van der Waals surface area contributed by atoms with Gasteiger partial charge >= 0.3 is 0 Å². The normalized spacial score (nSPS) is 21.7. The topological polar surface area (TPSA) is 35.5 Å². The van der Waals surface area contributed by atoms with E-state index in [2.05, 4.69) is 11.9 Å². The highest BCUT2D eigenvalue weighted by Crippen LogP contribution is 2.43. The number of aliphatic hydroxyl groups is 1. The van der Waals surface area contributed by atoms with Crippen molar-refractivity contribution in [2.24, 2.45) is 0 Å². The molecule has 3 aliphatic rings. The third-order valence-electron chi connectivity index (χ3n) is 6.02. The van der Waals surface area contributed by atoms with Gasteiger partial charge in [-0.15, -0.1) is 0 Å². The van der Waals surface area contributed by atoms with Gasteiger partial charge in [-0.25, -0.2) is 8.78 Å². The number of rotatable bonds is 3. The summed E-state index contributed by atoms with van der Waals surface area (Å²) in [5.41, 5.74) is 1.06. The lowest BCUT2D eigenvalue weighted by Crippen LogP contribution is -2.32. The van der Waals surface area contributed by atoms with Crippen LogP contribution in [0.1, 0.15) is 63.4 Å². The summed E-state index contributed by atoms with van der Waals surface area (Å²) in [5, 5.41) is 13.4. The second-order valence-corrected chi connectivity index (χ2v) is 7.76. The Morgan fingerprint density at radius 3 is 2.35 bits per heavy atom. The first-order valence-corrected chi connectivity index (χ1v) is 9.73. The molecular formula is C21H26F2N2O. The fourth-order valence-electron chi connectivity index (χ4n) is 4.57. The Hall–Kier alpha value is -2.04. The predicted octanol–water partition coefficient (Wildman–Crippen LogP) is 5.88. The SMILES string of the molecule is C=C1C(O)=CN(C2CCCC2)c2cc(NC3CCCCC3)c(F)c(F)c21. The van der Waals surface area contributed by atoms with Crippen LogP contribution in [0.4, 0.5) is 20.2 Å². The Morgan fingerprint density at radius 2 is 1.65 bits per heavy atom. The van der Waals surface area contributed by atoms with Crippen LogP contribution in [-0.4, -0.2) is 17.2 Å². The summed E-state index contributed by atoms with van der Waals surface area (Å²) in [7, 11) is 0. The second-order valence-electron chi connectivity index (χ2n) is 7.76. The third-order valence-corrected chi connectivity index (χ3v) is 6.02. The maximum atomic E-state index is 14.9. The van der Waals surface area contributed by atoms with E-state index in [1.807, 2.05) is 4.90 Å². The fraction of sp³-hybridized carbons (Fsp3) is 0.524. The molecule has 3 nitrogen and oxygen atoms in total. The quantitative estimate of drug-likeness (QED) is 0.706. The highest BCUT2D eigenvalue weighted by atomic mass is 19.2. The highest BCUT2D eigenvalue weighted by Gasteiger charge is 2.33. The molecule has 0 radical (unpaired) electrons. The Bertz CT molecular complexity index is 747. The van der Waals surface area contributed by atoms with Crippen molar-refractivity contribution in [2.75, 3.05) is 10.2 Å². The summed E-state index contributed by atoms with van der Waals surface area (Å²) in [4.78, 5) is 1.92. The molecule has 0 saturated heterocycles. The number of hydrogen-bond acceptors (Lipinski definition) is 3. The van der Waals surface area contributed by atoms with E-state index in [1.54, 1.807) is 12.3 Å². The van der Waals surface area contributed by atoms with Gasteiger partial charge in [0.05, 0.1) is 11.4 Å². The number of nitrogens with one attached hydrogen (secondary N) is 1. The van der Waals surface area contributed by atoms with Crippen molar-refractivity contribution >= 4 is 16.9 Å². The fourth-order valence-corrected chi connectivity index (χ4v) is 4.57. The van der Waals surface area contributed by atoms with Gasteiger partial charge in [-0.1, -0.05) is 38.7 Å². The van der Waals surface area contributed by atoms with E-state index in [4.69, 9.17) is 0 Å². The van der Waals surface area contributed by atoms with Crippen LogP contribution in [0.25, 0.3) is 5.57 Å². The van der Waals surface area contributed by atoms with Crippen molar-refractivity contribution in [2.45, 2.75) is 69.9 Å². The smallest absolute Gasteiger partial charge is 0.182 e. The zero-order valence-corrected chi connectivity index (χ0v) is 15.0. The van der Waals surface area contributed by atoms with Gasteiger partial charge in [-0.05, 0) is 31.7 Å². The number of halogens is 2. The molecule has 2 fully saturated rings. The summed E-state index contributed by atoms with van der Waals surface area (Å²) in [5.74, 6) is -1.89. The van der Waals surface area contributed by atoms with Crippen molar-refractivity contribution in [3.8, 4) is 0 Å². The van der Waals surface area contributed by atoms with Crippen LogP contribution < -0.4 is 10.2 Å². The lowest BCUT2D eigenvalue weighted by atomic mass is 9.94. The van der Waals surface area contributed by atoms with E-state index in [0.29, 0.717) is 5.69 Å². The Kier molecular flexibility index (Phi) is 4.63. The number of nitrogens with zero attached hydrogens (tertiary/aromatic N) is 1. The monoisotopic (exact) mass is 360 g/mol. The molecule has 5 heteroatoms. The third kappa shape index (κ3) is 2.97. The molecular weight excluding hydrogens is 334 g/mol. The first-order chi connectivity index (χ1) is 12.6. The van der Waals surface area contributed by atoms with E-state index < -0.39 is 11.6 Å². The first kappa shape index (κ1) is 17.4. The van der Waals surface area contributed by atoms with Crippen LogP contribution in [-0.2, 0) is 0 Å². The molecule has 0 amide bonds. The summed E-state index contributed by atoms with van der Waals surface area (Å²) in [6.45, 7) is 3.77. The first-order valence-electron chi connectivity index (χ1n) is 9.73. The highest BCUT2D eigenvalue weighted by molar-refractivity contribution is 5.89. The molecule has 1 aromatic rings. The van der Waals surface area contributed by atoms with E-state index in [1.165, 1.54) is 6.42 Å². The number of fused-ring (bicyclic) bond motifs is 1. The molecule has 2 saturated carbocycles. The van der Waals surface area contributed by atoms with Crippen molar-refractivity contribution in [1.82, 2.24) is 0 Å². The van der Waals surface area contributed by atoms with E-state index in [-0.39, 0.29) is 34.7 Å². The molecule has 26 heavy (non-hydrogen) atoms. The van der Waals surface area contributed by atoms with Crippen molar-refractivity contribution < 1.29 is 13.9 Å². The standard InChI is InChI=1S/C21H26F2N2O/c1-13-18(26)12-25(15-9-5-6-10-15)17-11-16(20(22)21(23)19(13)17)24-14-7-3-2-4-8-14/h11-12,14-15,24,26H,1-10H2. The van der Waals surface area contributed by atoms with Gasteiger partial charge in [-0.2, -0.15) is 0 Å². The van der Waals surface area contributed by atoms with Crippen LogP contribution in [0.2, 0.25) is 0 Å². The molecule has 140 valence electrons. The van der Waals surface area contributed by atoms with Crippen molar-refractivity contribution in [3.05, 3.63) is 41.8 Å². The molecule has 1 aliphatic heterocycles. The molecule has 0 aromatic heterocycles. The average molecular weight is 360 g/mol. The number of aliphatic hydroxyl groups excluding tert-OH is 1. The maximum Gasteiger partial charge on any atom is 0.182 e. The van der Waals surface area contributed by atoms with Crippen molar-refractivity contribution in [3.63, 3.8) is 0 Å². The number of hydrogen-bond donors (Lipinski definition) is 2. The lowest BCUT2D eigenvalue weighted by molar-refractivity contribution is 0.428. The van der Waals surface area contributed by atoms with E-state index in [9.17, 15) is 13.9 Å². The van der Waals surface area contributed by atoms with Crippen LogP contribution in [0.15, 0.2) is 24.6 Å². The summed E-state index contributed by atoms with van der Waals surface area (Å²) >= 11 is 0. The van der Waals surface area contributed by atoms with E-state index in [0.717, 1.165) is 51.4 Å². The minimum Gasteiger partial charge on any atom is -0.506 e.